The standard InChI is InChI=1S/C15H28O2/c1-14(2,3)11-8-7-10(13(16)17)9-12(11)15(4,5)6/h10-12H,7-9H2,1-6H3,(H,16,17). The first-order valence-electron chi connectivity index (χ1n) is 6.76. The molecular weight excluding hydrogens is 212 g/mol. The fourth-order valence-corrected chi connectivity index (χ4v) is 3.39. The maximum absolute atomic E-state index is 11.2. The molecule has 3 atom stereocenters. The van der Waals surface area contributed by atoms with Crippen LogP contribution in [0.1, 0.15) is 60.8 Å². The first-order valence-corrected chi connectivity index (χ1v) is 6.76. The third-order valence-electron chi connectivity index (χ3n) is 4.42. The van der Waals surface area contributed by atoms with Gasteiger partial charge >= 0.3 is 5.97 Å². The minimum Gasteiger partial charge on any atom is -0.481 e. The maximum Gasteiger partial charge on any atom is 0.306 e. The molecule has 1 aliphatic carbocycles. The van der Waals surface area contributed by atoms with Crippen LogP contribution in [0, 0.1) is 28.6 Å². The molecule has 100 valence electrons. The molecule has 0 aromatic heterocycles. The lowest BCUT2D eigenvalue weighted by atomic mass is 9.57. The van der Waals surface area contributed by atoms with E-state index in [0.29, 0.717) is 11.8 Å². The molecule has 1 rings (SSSR count). The molecule has 17 heavy (non-hydrogen) atoms. The Morgan fingerprint density at radius 2 is 1.41 bits per heavy atom. The zero-order valence-electron chi connectivity index (χ0n) is 12.2. The molecule has 1 fully saturated rings. The first-order chi connectivity index (χ1) is 7.53. The van der Waals surface area contributed by atoms with Crippen LogP contribution in [-0.4, -0.2) is 11.1 Å². The van der Waals surface area contributed by atoms with Gasteiger partial charge in [0, 0.05) is 0 Å². The molecule has 0 radical (unpaired) electrons. The Balaban J connectivity index is 2.92. The summed E-state index contributed by atoms with van der Waals surface area (Å²) < 4.78 is 0. The Bertz CT molecular complexity index is 280. The van der Waals surface area contributed by atoms with Crippen LogP contribution in [0.4, 0.5) is 0 Å². The molecule has 1 N–H and O–H groups in total. The lowest BCUT2D eigenvalue weighted by Crippen LogP contribution is -2.41. The molecule has 1 saturated carbocycles. The average Bonchev–Trinajstić information content (AvgIpc) is 2.14. The number of hydrogen-bond acceptors (Lipinski definition) is 1. The number of carboxylic acids is 1. The summed E-state index contributed by atoms with van der Waals surface area (Å²) in [5.41, 5.74) is 0.480. The van der Waals surface area contributed by atoms with Crippen molar-refractivity contribution in [3.8, 4) is 0 Å². The summed E-state index contributed by atoms with van der Waals surface area (Å²) in [6.45, 7) is 13.6. The Kier molecular flexibility index (Phi) is 3.95. The van der Waals surface area contributed by atoms with Crippen molar-refractivity contribution in [2.24, 2.45) is 28.6 Å². The van der Waals surface area contributed by atoms with Crippen LogP contribution in [0.2, 0.25) is 0 Å². The van der Waals surface area contributed by atoms with Gasteiger partial charge in [0.25, 0.3) is 0 Å². The number of carboxylic acid groups (broad SMARTS) is 1. The Hall–Kier alpha value is -0.530. The van der Waals surface area contributed by atoms with Crippen LogP contribution < -0.4 is 0 Å². The second-order valence-electron chi connectivity index (χ2n) is 7.79. The Labute approximate surface area is 106 Å². The molecular formula is C15H28O2. The molecule has 1 aliphatic rings. The van der Waals surface area contributed by atoms with Crippen molar-refractivity contribution in [2.45, 2.75) is 60.8 Å². The van der Waals surface area contributed by atoms with E-state index in [4.69, 9.17) is 0 Å². The quantitative estimate of drug-likeness (QED) is 0.746. The summed E-state index contributed by atoms with van der Waals surface area (Å²) in [6, 6.07) is 0. The lowest BCUT2D eigenvalue weighted by molar-refractivity contribution is -0.145. The van der Waals surface area contributed by atoms with Crippen molar-refractivity contribution < 1.29 is 9.90 Å². The van der Waals surface area contributed by atoms with Crippen LogP contribution >= 0.6 is 0 Å². The normalized spacial score (nSPS) is 31.3. The fraction of sp³-hybridized carbons (Fsp3) is 0.933. The van der Waals surface area contributed by atoms with Gasteiger partial charge in [-0.1, -0.05) is 41.5 Å². The number of hydrogen-bond donors (Lipinski definition) is 1. The van der Waals surface area contributed by atoms with Gasteiger partial charge in [0.05, 0.1) is 5.92 Å². The summed E-state index contributed by atoms with van der Waals surface area (Å²) in [6.07, 6.45) is 2.76. The number of rotatable bonds is 1. The topological polar surface area (TPSA) is 37.3 Å². The van der Waals surface area contributed by atoms with Crippen molar-refractivity contribution in [3.63, 3.8) is 0 Å². The predicted molar refractivity (Wildman–Crippen MR) is 70.9 cm³/mol. The van der Waals surface area contributed by atoms with Gasteiger partial charge in [-0.05, 0) is 41.9 Å². The van der Waals surface area contributed by atoms with E-state index in [1.165, 1.54) is 0 Å². The van der Waals surface area contributed by atoms with Crippen LogP contribution in [0.5, 0.6) is 0 Å². The van der Waals surface area contributed by atoms with E-state index in [2.05, 4.69) is 41.5 Å². The molecule has 0 spiro atoms. The maximum atomic E-state index is 11.2. The van der Waals surface area contributed by atoms with Gasteiger partial charge in [-0.15, -0.1) is 0 Å². The van der Waals surface area contributed by atoms with E-state index < -0.39 is 5.97 Å². The van der Waals surface area contributed by atoms with Crippen molar-refractivity contribution in [3.05, 3.63) is 0 Å². The van der Waals surface area contributed by atoms with Crippen LogP contribution in [-0.2, 0) is 4.79 Å². The number of carbonyl (C=O) groups is 1. The minimum absolute atomic E-state index is 0.127. The fourth-order valence-electron chi connectivity index (χ4n) is 3.39. The van der Waals surface area contributed by atoms with Gasteiger partial charge in [0.15, 0.2) is 0 Å². The van der Waals surface area contributed by atoms with E-state index in [0.717, 1.165) is 19.3 Å². The molecule has 3 unspecified atom stereocenters. The molecule has 0 aromatic rings. The highest BCUT2D eigenvalue weighted by molar-refractivity contribution is 5.70. The van der Waals surface area contributed by atoms with E-state index >= 15 is 0 Å². The Morgan fingerprint density at radius 3 is 1.76 bits per heavy atom. The van der Waals surface area contributed by atoms with Crippen molar-refractivity contribution in [1.82, 2.24) is 0 Å². The third kappa shape index (κ3) is 3.46. The smallest absolute Gasteiger partial charge is 0.306 e. The van der Waals surface area contributed by atoms with Gasteiger partial charge in [0.2, 0.25) is 0 Å². The Morgan fingerprint density at radius 1 is 0.941 bits per heavy atom. The molecule has 0 bridgehead atoms. The van der Waals surface area contributed by atoms with Crippen molar-refractivity contribution >= 4 is 5.97 Å². The summed E-state index contributed by atoms with van der Waals surface area (Å²) in [5, 5.41) is 9.21. The first kappa shape index (κ1) is 14.5. The highest BCUT2D eigenvalue weighted by Crippen LogP contribution is 2.50. The van der Waals surface area contributed by atoms with Crippen molar-refractivity contribution in [1.29, 1.82) is 0 Å². The van der Waals surface area contributed by atoms with E-state index in [9.17, 15) is 9.90 Å². The minimum atomic E-state index is -0.605. The van der Waals surface area contributed by atoms with E-state index in [1.807, 2.05) is 0 Å². The molecule has 2 heteroatoms. The van der Waals surface area contributed by atoms with E-state index in [1.54, 1.807) is 0 Å². The second kappa shape index (κ2) is 4.62. The number of aliphatic carboxylic acids is 1. The second-order valence-corrected chi connectivity index (χ2v) is 7.79. The molecule has 0 aromatic carbocycles. The predicted octanol–water partition coefficient (Wildman–Crippen LogP) is 4.20. The zero-order chi connectivity index (χ0) is 13.4. The van der Waals surface area contributed by atoms with Crippen LogP contribution in [0.3, 0.4) is 0 Å². The molecule has 0 heterocycles. The third-order valence-corrected chi connectivity index (χ3v) is 4.42. The van der Waals surface area contributed by atoms with Crippen molar-refractivity contribution in [2.75, 3.05) is 0 Å². The van der Waals surface area contributed by atoms with Gasteiger partial charge in [-0.25, -0.2) is 0 Å². The largest absolute Gasteiger partial charge is 0.481 e. The van der Waals surface area contributed by atoms with Gasteiger partial charge < -0.3 is 5.11 Å². The average molecular weight is 240 g/mol. The van der Waals surface area contributed by atoms with E-state index in [-0.39, 0.29) is 16.7 Å². The molecule has 0 aliphatic heterocycles. The summed E-state index contributed by atoms with van der Waals surface area (Å²) in [7, 11) is 0. The molecule has 2 nitrogen and oxygen atoms in total. The molecule has 0 amide bonds. The lowest BCUT2D eigenvalue weighted by Gasteiger charge is -2.48. The summed E-state index contributed by atoms with van der Waals surface area (Å²) >= 11 is 0. The monoisotopic (exact) mass is 240 g/mol. The zero-order valence-corrected chi connectivity index (χ0v) is 12.2. The van der Waals surface area contributed by atoms with Gasteiger partial charge in [-0.3, -0.25) is 4.79 Å². The van der Waals surface area contributed by atoms with Crippen LogP contribution in [0.15, 0.2) is 0 Å². The summed E-state index contributed by atoms with van der Waals surface area (Å²) in [5.74, 6) is 0.417. The highest BCUT2D eigenvalue weighted by Gasteiger charge is 2.44. The van der Waals surface area contributed by atoms with Gasteiger partial charge in [-0.2, -0.15) is 0 Å². The highest BCUT2D eigenvalue weighted by atomic mass is 16.4. The SMILES string of the molecule is CC(C)(C)C1CCC(C(=O)O)CC1C(C)(C)C. The summed E-state index contributed by atoms with van der Waals surface area (Å²) in [4.78, 5) is 11.2. The molecule has 0 saturated heterocycles. The van der Waals surface area contributed by atoms with Gasteiger partial charge in [0.1, 0.15) is 0 Å². The van der Waals surface area contributed by atoms with Crippen LogP contribution in [0.25, 0.3) is 0 Å².